The van der Waals surface area contributed by atoms with Gasteiger partial charge in [0.25, 0.3) is 5.91 Å². The number of hydrogen-bond donors (Lipinski definition) is 1. The molecular formula is C22H20N2O6. The van der Waals surface area contributed by atoms with Crippen LogP contribution in [-0.2, 0) is 22.4 Å². The number of aromatic nitrogens is 1. The third-order valence-corrected chi connectivity index (χ3v) is 4.68. The van der Waals surface area contributed by atoms with Crippen molar-refractivity contribution in [2.45, 2.75) is 18.9 Å². The molecule has 1 atom stereocenters. The first-order valence-electron chi connectivity index (χ1n) is 9.39. The Labute approximate surface area is 172 Å². The number of nitrogens with one attached hydrogen (secondary N) is 1. The minimum Gasteiger partial charge on any atom is -0.467 e. The number of amides is 1. The highest BCUT2D eigenvalue weighted by Crippen LogP contribution is 2.33. The largest absolute Gasteiger partial charge is 0.467 e. The van der Waals surface area contributed by atoms with Gasteiger partial charge in [-0.2, -0.15) is 0 Å². The van der Waals surface area contributed by atoms with Crippen molar-refractivity contribution in [2.24, 2.45) is 0 Å². The summed E-state index contributed by atoms with van der Waals surface area (Å²) in [4.78, 5) is 24.7. The molecule has 0 spiro atoms. The second-order valence-corrected chi connectivity index (χ2v) is 6.79. The monoisotopic (exact) mass is 408 g/mol. The molecule has 0 saturated carbocycles. The Balaban J connectivity index is 1.42. The van der Waals surface area contributed by atoms with Gasteiger partial charge in [0.2, 0.25) is 12.6 Å². The summed E-state index contributed by atoms with van der Waals surface area (Å²) in [6.45, 7) is 0.206. The molecule has 0 saturated heterocycles. The van der Waals surface area contributed by atoms with Crippen LogP contribution in [0.1, 0.15) is 27.4 Å². The van der Waals surface area contributed by atoms with Crippen molar-refractivity contribution in [1.82, 2.24) is 10.5 Å². The fourth-order valence-corrected chi connectivity index (χ4v) is 3.18. The molecule has 154 valence electrons. The normalized spacial score (nSPS) is 13.0. The van der Waals surface area contributed by atoms with Crippen molar-refractivity contribution in [3.63, 3.8) is 0 Å². The zero-order chi connectivity index (χ0) is 20.9. The fourth-order valence-electron chi connectivity index (χ4n) is 3.18. The predicted molar refractivity (Wildman–Crippen MR) is 105 cm³/mol. The smallest absolute Gasteiger partial charge is 0.328 e. The van der Waals surface area contributed by atoms with E-state index in [1.807, 2.05) is 48.5 Å². The first-order valence-corrected chi connectivity index (χ1v) is 9.39. The Morgan fingerprint density at radius 2 is 1.87 bits per heavy atom. The number of carbonyl (C=O) groups excluding carboxylic acids is 2. The van der Waals surface area contributed by atoms with Crippen molar-refractivity contribution in [1.29, 1.82) is 0 Å². The van der Waals surface area contributed by atoms with Crippen molar-refractivity contribution < 1.29 is 28.3 Å². The molecule has 2 aromatic carbocycles. The Morgan fingerprint density at radius 3 is 2.67 bits per heavy atom. The molecular weight excluding hydrogens is 388 g/mol. The standard InChI is InChI=1S/C22H20N2O6/c1-27-22(26)17(10-14-5-3-2-4-6-14)23-21(25)20-12-16(24-30-20)9-15-7-8-18-19(11-15)29-13-28-18/h2-8,11-12,17H,9-10,13H2,1H3,(H,23,25)/t17-/m0/s1. The Hall–Kier alpha value is -3.81. The number of carbonyl (C=O) groups is 2. The lowest BCUT2D eigenvalue weighted by molar-refractivity contribution is -0.142. The molecule has 1 aliphatic heterocycles. The summed E-state index contributed by atoms with van der Waals surface area (Å²) in [6, 6.07) is 15.7. The van der Waals surface area contributed by atoms with Crippen LogP contribution in [0.5, 0.6) is 11.5 Å². The van der Waals surface area contributed by atoms with Gasteiger partial charge in [-0.15, -0.1) is 0 Å². The Bertz CT molecular complexity index is 1050. The molecule has 1 N–H and O–H groups in total. The van der Waals surface area contributed by atoms with Gasteiger partial charge in [-0.25, -0.2) is 4.79 Å². The van der Waals surface area contributed by atoms with E-state index in [0.29, 0.717) is 30.0 Å². The molecule has 0 fully saturated rings. The molecule has 8 heteroatoms. The van der Waals surface area contributed by atoms with Crippen LogP contribution in [-0.4, -0.2) is 37.0 Å². The van der Waals surface area contributed by atoms with Gasteiger partial charge in [-0.3, -0.25) is 4.79 Å². The molecule has 0 unspecified atom stereocenters. The van der Waals surface area contributed by atoms with Crippen LogP contribution in [0.4, 0.5) is 0 Å². The minimum absolute atomic E-state index is 0.0210. The van der Waals surface area contributed by atoms with Gasteiger partial charge < -0.3 is 24.1 Å². The minimum atomic E-state index is -0.840. The van der Waals surface area contributed by atoms with E-state index in [9.17, 15) is 9.59 Å². The van der Waals surface area contributed by atoms with Crippen LogP contribution < -0.4 is 14.8 Å². The van der Waals surface area contributed by atoms with E-state index in [4.69, 9.17) is 18.7 Å². The summed E-state index contributed by atoms with van der Waals surface area (Å²) in [6.07, 6.45) is 0.759. The van der Waals surface area contributed by atoms with Gasteiger partial charge in [0.1, 0.15) is 6.04 Å². The van der Waals surface area contributed by atoms with Gasteiger partial charge >= 0.3 is 5.97 Å². The predicted octanol–water partition coefficient (Wildman–Crippen LogP) is 2.51. The maximum absolute atomic E-state index is 12.6. The first-order chi connectivity index (χ1) is 14.6. The molecule has 8 nitrogen and oxygen atoms in total. The van der Waals surface area contributed by atoms with Gasteiger partial charge in [-0.1, -0.05) is 41.6 Å². The summed E-state index contributed by atoms with van der Waals surface area (Å²) in [5.74, 6) is 0.327. The van der Waals surface area contributed by atoms with Crippen LogP contribution in [0, 0.1) is 0 Å². The van der Waals surface area contributed by atoms with Crippen LogP contribution in [0.25, 0.3) is 0 Å². The molecule has 0 bridgehead atoms. The van der Waals surface area contributed by atoms with E-state index in [1.54, 1.807) is 6.07 Å². The molecule has 1 aliphatic rings. The number of rotatable bonds is 7. The summed E-state index contributed by atoms with van der Waals surface area (Å²) < 4.78 is 20.7. The number of methoxy groups -OCH3 is 1. The quantitative estimate of drug-likeness (QED) is 0.600. The van der Waals surface area contributed by atoms with Crippen LogP contribution in [0.15, 0.2) is 59.1 Å². The number of fused-ring (bicyclic) bond motifs is 1. The van der Waals surface area contributed by atoms with E-state index in [1.165, 1.54) is 7.11 Å². The molecule has 2 heterocycles. The summed E-state index contributed by atoms with van der Waals surface area (Å²) in [5, 5.41) is 6.62. The maximum atomic E-state index is 12.6. The third kappa shape index (κ3) is 4.43. The highest BCUT2D eigenvalue weighted by molar-refractivity contribution is 5.94. The Morgan fingerprint density at radius 1 is 1.07 bits per heavy atom. The van der Waals surface area contributed by atoms with E-state index in [-0.39, 0.29) is 12.6 Å². The average Bonchev–Trinajstić information content (AvgIpc) is 3.42. The van der Waals surface area contributed by atoms with Crippen LogP contribution in [0.2, 0.25) is 0 Å². The van der Waals surface area contributed by atoms with Crippen LogP contribution >= 0.6 is 0 Å². The lowest BCUT2D eigenvalue weighted by Crippen LogP contribution is -2.43. The zero-order valence-corrected chi connectivity index (χ0v) is 16.3. The van der Waals surface area contributed by atoms with Crippen LogP contribution in [0.3, 0.4) is 0 Å². The van der Waals surface area contributed by atoms with E-state index in [0.717, 1.165) is 11.1 Å². The zero-order valence-electron chi connectivity index (χ0n) is 16.3. The number of ether oxygens (including phenoxy) is 3. The van der Waals surface area contributed by atoms with Gasteiger partial charge in [0.15, 0.2) is 11.5 Å². The lowest BCUT2D eigenvalue weighted by atomic mass is 10.1. The molecule has 0 aliphatic carbocycles. The highest BCUT2D eigenvalue weighted by Gasteiger charge is 2.24. The fraction of sp³-hybridized carbons (Fsp3) is 0.227. The summed E-state index contributed by atoms with van der Waals surface area (Å²) in [5.41, 5.74) is 2.42. The molecule has 0 radical (unpaired) electrons. The SMILES string of the molecule is COC(=O)[C@H](Cc1ccccc1)NC(=O)c1cc(Cc2ccc3c(c2)OCO3)no1. The Kier molecular flexibility index (Phi) is 5.65. The molecule has 3 aromatic rings. The molecule has 4 rings (SSSR count). The van der Waals surface area contributed by atoms with Crippen molar-refractivity contribution in [3.8, 4) is 11.5 Å². The van der Waals surface area contributed by atoms with Crippen molar-refractivity contribution in [2.75, 3.05) is 13.9 Å². The highest BCUT2D eigenvalue weighted by atomic mass is 16.7. The van der Waals surface area contributed by atoms with Crippen molar-refractivity contribution in [3.05, 3.63) is 77.2 Å². The second-order valence-electron chi connectivity index (χ2n) is 6.79. The van der Waals surface area contributed by atoms with E-state index >= 15 is 0 Å². The van der Waals surface area contributed by atoms with Gasteiger partial charge in [0.05, 0.1) is 12.8 Å². The number of esters is 1. The van der Waals surface area contributed by atoms with E-state index < -0.39 is 17.9 Å². The molecule has 30 heavy (non-hydrogen) atoms. The number of benzene rings is 2. The number of nitrogens with zero attached hydrogens (tertiary/aromatic N) is 1. The van der Waals surface area contributed by atoms with Crippen molar-refractivity contribution >= 4 is 11.9 Å². The molecule has 1 amide bonds. The topological polar surface area (TPSA) is 99.9 Å². The van der Waals surface area contributed by atoms with E-state index in [2.05, 4.69) is 10.5 Å². The number of hydrogen-bond acceptors (Lipinski definition) is 7. The first kappa shape index (κ1) is 19.5. The van der Waals surface area contributed by atoms with Gasteiger partial charge in [0, 0.05) is 18.9 Å². The lowest BCUT2D eigenvalue weighted by Gasteiger charge is -2.15. The molecule has 1 aromatic heterocycles. The summed E-state index contributed by atoms with van der Waals surface area (Å²) >= 11 is 0. The van der Waals surface area contributed by atoms with Gasteiger partial charge in [-0.05, 0) is 23.3 Å². The maximum Gasteiger partial charge on any atom is 0.328 e. The third-order valence-electron chi connectivity index (χ3n) is 4.68. The average molecular weight is 408 g/mol. The summed E-state index contributed by atoms with van der Waals surface area (Å²) in [7, 11) is 1.28. The second kappa shape index (κ2) is 8.69.